The Balaban J connectivity index is 1.65. The Hall–Kier alpha value is -2.65. The monoisotopic (exact) mass is 365 g/mol. The quantitative estimate of drug-likeness (QED) is 0.726. The Morgan fingerprint density at radius 3 is 2.48 bits per heavy atom. The maximum absolute atomic E-state index is 13.7. The molecule has 3 rings (SSSR count). The predicted molar refractivity (Wildman–Crippen MR) is 85.6 cm³/mol. The van der Waals surface area contributed by atoms with Crippen molar-refractivity contribution >= 4 is 10.0 Å². The van der Waals surface area contributed by atoms with E-state index in [-0.39, 0.29) is 29.6 Å². The van der Waals surface area contributed by atoms with Gasteiger partial charge in [0, 0.05) is 0 Å². The van der Waals surface area contributed by atoms with E-state index in [0.29, 0.717) is 5.56 Å². The molecule has 0 saturated carbocycles. The highest BCUT2D eigenvalue weighted by molar-refractivity contribution is 7.88. The number of rotatable bonds is 6. The van der Waals surface area contributed by atoms with Crippen LogP contribution in [0.5, 0.6) is 0 Å². The fraction of sp³-hybridized carbons (Fsp3) is 0.125. The SMILES string of the molecule is O=S(=O)(Cc1ccc(F)cc1)NCc1nc(-c2ccccc2F)no1. The number of hydrogen-bond donors (Lipinski definition) is 1. The first kappa shape index (κ1) is 17.2. The number of nitrogens with zero attached hydrogens (tertiary/aromatic N) is 2. The summed E-state index contributed by atoms with van der Waals surface area (Å²) in [5.74, 6) is -1.24. The Labute approximate surface area is 142 Å². The third-order valence-electron chi connectivity index (χ3n) is 3.30. The van der Waals surface area contributed by atoms with Gasteiger partial charge in [-0.05, 0) is 29.8 Å². The maximum atomic E-state index is 13.7. The van der Waals surface area contributed by atoms with Gasteiger partial charge >= 0.3 is 0 Å². The number of hydrogen-bond acceptors (Lipinski definition) is 5. The molecule has 2 aromatic carbocycles. The van der Waals surface area contributed by atoms with Gasteiger partial charge in [0.2, 0.25) is 21.7 Å². The van der Waals surface area contributed by atoms with Crippen molar-refractivity contribution in [3.63, 3.8) is 0 Å². The van der Waals surface area contributed by atoms with Crippen molar-refractivity contribution in [2.75, 3.05) is 0 Å². The summed E-state index contributed by atoms with van der Waals surface area (Å²) in [4.78, 5) is 3.97. The third-order valence-corrected chi connectivity index (χ3v) is 4.59. The minimum absolute atomic E-state index is 0.000865. The highest BCUT2D eigenvalue weighted by atomic mass is 32.2. The van der Waals surface area contributed by atoms with Crippen molar-refractivity contribution in [1.82, 2.24) is 14.9 Å². The largest absolute Gasteiger partial charge is 0.338 e. The van der Waals surface area contributed by atoms with Crippen molar-refractivity contribution in [2.24, 2.45) is 0 Å². The van der Waals surface area contributed by atoms with Gasteiger partial charge in [-0.3, -0.25) is 0 Å². The lowest BCUT2D eigenvalue weighted by molar-refractivity contribution is 0.375. The van der Waals surface area contributed by atoms with Gasteiger partial charge in [0.1, 0.15) is 11.6 Å². The van der Waals surface area contributed by atoms with Crippen molar-refractivity contribution in [3.05, 3.63) is 71.6 Å². The molecule has 0 atom stereocenters. The van der Waals surface area contributed by atoms with Crippen LogP contribution in [0.1, 0.15) is 11.5 Å². The average molecular weight is 365 g/mol. The van der Waals surface area contributed by atoms with Crippen LogP contribution in [-0.4, -0.2) is 18.6 Å². The number of nitrogens with one attached hydrogen (secondary N) is 1. The molecule has 0 fully saturated rings. The Morgan fingerprint density at radius 1 is 1.04 bits per heavy atom. The lowest BCUT2D eigenvalue weighted by Crippen LogP contribution is -2.24. The van der Waals surface area contributed by atoms with E-state index in [0.717, 1.165) is 0 Å². The topological polar surface area (TPSA) is 85.1 Å². The van der Waals surface area contributed by atoms with Crippen molar-refractivity contribution in [2.45, 2.75) is 12.3 Å². The Morgan fingerprint density at radius 2 is 1.76 bits per heavy atom. The van der Waals surface area contributed by atoms with E-state index in [2.05, 4.69) is 14.9 Å². The van der Waals surface area contributed by atoms with Gasteiger partial charge in [-0.1, -0.05) is 29.4 Å². The molecule has 130 valence electrons. The molecule has 6 nitrogen and oxygen atoms in total. The zero-order valence-electron chi connectivity index (χ0n) is 12.8. The molecule has 0 spiro atoms. The maximum Gasteiger partial charge on any atom is 0.242 e. The second kappa shape index (κ2) is 7.08. The van der Waals surface area contributed by atoms with Crippen LogP contribution in [0.25, 0.3) is 11.4 Å². The smallest absolute Gasteiger partial charge is 0.242 e. The number of aromatic nitrogens is 2. The molecule has 0 radical (unpaired) electrons. The van der Waals surface area contributed by atoms with Crippen molar-refractivity contribution < 1.29 is 21.7 Å². The van der Waals surface area contributed by atoms with Gasteiger partial charge in [0.15, 0.2) is 0 Å². The fourth-order valence-corrected chi connectivity index (χ4v) is 3.18. The van der Waals surface area contributed by atoms with Crippen LogP contribution in [0.15, 0.2) is 53.1 Å². The second-order valence-electron chi connectivity index (χ2n) is 5.20. The van der Waals surface area contributed by atoms with Crippen LogP contribution < -0.4 is 4.72 Å². The van der Waals surface area contributed by atoms with E-state index in [1.54, 1.807) is 6.07 Å². The average Bonchev–Trinajstić information content (AvgIpc) is 3.04. The molecule has 1 N–H and O–H groups in total. The summed E-state index contributed by atoms with van der Waals surface area (Å²) in [7, 11) is -3.68. The van der Waals surface area contributed by atoms with Crippen LogP contribution in [-0.2, 0) is 22.3 Å². The molecule has 9 heteroatoms. The number of halogens is 2. The molecule has 3 aromatic rings. The summed E-state index contributed by atoms with van der Waals surface area (Å²) in [6.07, 6.45) is 0. The van der Waals surface area contributed by atoms with E-state index in [9.17, 15) is 17.2 Å². The van der Waals surface area contributed by atoms with Crippen molar-refractivity contribution in [1.29, 1.82) is 0 Å². The van der Waals surface area contributed by atoms with Crippen LogP contribution in [0.3, 0.4) is 0 Å². The molecule has 0 saturated heterocycles. The van der Waals surface area contributed by atoms with Crippen LogP contribution in [0, 0.1) is 11.6 Å². The summed E-state index contributed by atoms with van der Waals surface area (Å²) in [5, 5.41) is 3.64. The zero-order valence-corrected chi connectivity index (χ0v) is 13.6. The molecule has 0 aliphatic heterocycles. The first-order valence-electron chi connectivity index (χ1n) is 7.22. The summed E-state index contributed by atoms with van der Waals surface area (Å²) < 4.78 is 57.8. The lowest BCUT2D eigenvalue weighted by atomic mass is 10.2. The molecule has 0 bridgehead atoms. The first-order valence-corrected chi connectivity index (χ1v) is 8.87. The van der Waals surface area contributed by atoms with Gasteiger partial charge in [-0.2, -0.15) is 4.98 Å². The standard InChI is InChI=1S/C16H13F2N3O3S/c17-12-7-5-11(6-8-12)10-25(22,23)19-9-15-20-16(21-24-15)13-3-1-2-4-14(13)18/h1-8,19H,9-10H2. The lowest BCUT2D eigenvalue weighted by Gasteiger charge is -2.04. The summed E-state index contributed by atoms with van der Waals surface area (Å²) in [6.45, 7) is -0.231. The molecule has 0 unspecified atom stereocenters. The third kappa shape index (κ3) is 4.46. The Kier molecular flexibility index (Phi) is 4.86. The van der Waals surface area contributed by atoms with Crippen LogP contribution in [0.2, 0.25) is 0 Å². The van der Waals surface area contributed by atoms with E-state index in [1.807, 2.05) is 0 Å². The van der Waals surface area contributed by atoms with Crippen LogP contribution in [0.4, 0.5) is 8.78 Å². The highest BCUT2D eigenvalue weighted by Gasteiger charge is 2.16. The summed E-state index contributed by atoms with van der Waals surface area (Å²) in [5.41, 5.74) is 0.596. The van der Waals surface area contributed by atoms with Gasteiger partial charge in [-0.15, -0.1) is 0 Å². The minimum atomic E-state index is -3.68. The first-order chi connectivity index (χ1) is 11.9. The molecule has 25 heavy (non-hydrogen) atoms. The zero-order chi connectivity index (χ0) is 17.9. The van der Waals surface area contributed by atoms with Gasteiger partial charge in [0.25, 0.3) is 0 Å². The molecule has 1 heterocycles. The van der Waals surface area contributed by atoms with Crippen LogP contribution >= 0.6 is 0 Å². The minimum Gasteiger partial charge on any atom is -0.338 e. The molecular formula is C16H13F2N3O3S. The molecule has 0 amide bonds. The van der Waals surface area contributed by atoms with E-state index in [4.69, 9.17) is 4.52 Å². The van der Waals surface area contributed by atoms with Gasteiger partial charge in [0.05, 0.1) is 17.9 Å². The molecular weight excluding hydrogens is 352 g/mol. The van der Waals surface area contributed by atoms with Gasteiger partial charge < -0.3 is 4.52 Å². The van der Waals surface area contributed by atoms with E-state index >= 15 is 0 Å². The van der Waals surface area contributed by atoms with E-state index in [1.165, 1.54) is 42.5 Å². The van der Waals surface area contributed by atoms with Gasteiger partial charge in [-0.25, -0.2) is 21.9 Å². The number of sulfonamides is 1. The van der Waals surface area contributed by atoms with Crippen molar-refractivity contribution in [3.8, 4) is 11.4 Å². The molecule has 0 aliphatic rings. The number of benzene rings is 2. The predicted octanol–water partition coefficient (Wildman–Crippen LogP) is 2.63. The molecule has 1 aromatic heterocycles. The second-order valence-corrected chi connectivity index (χ2v) is 7.01. The normalized spacial score (nSPS) is 11.6. The summed E-state index contributed by atoms with van der Waals surface area (Å²) in [6, 6.07) is 11.0. The highest BCUT2D eigenvalue weighted by Crippen LogP contribution is 2.19. The Bertz CT molecular complexity index is 972. The molecule has 0 aliphatic carbocycles. The fourth-order valence-electron chi connectivity index (χ4n) is 2.10. The summed E-state index contributed by atoms with van der Waals surface area (Å²) >= 11 is 0. The van der Waals surface area contributed by atoms with E-state index < -0.39 is 21.7 Å².